The molecule has 4 unspecified atom stereocenters. The highest BCUT2D eigenvalue weighted by Crippen LogP contribution is 2.41. The fourth-order valence-corrected chi connectivity index (χ4v) is 4.78. The zero-order valence-corrected chi connectivity index (χ0v) is 24.9. The molecule has 2 N–H and O–H groups in total. The molecule has 0 aromatic heterocycles. The molecule has 0 aliphatic heterocycles. The van der Waals surface area contributed by atoms with Crippen LogP contribution in [0.3, 0.4) is 0 Å². The lowest BCUT2D eigenvalue weighted by molar-refractivity contribution is -0.145. The summed E-state index contributed by atoms with van der Waals surface area (Å²) in [6.45, 7) is 11.3. The van der Waals surface area contributed by atoms with Gasteiger partial charge in [0, 0.05) is 19.0 Å². The molecular formula is C32H43N3O6. The minimum Gasteiger partial charge on any atom is -0.466 e. The fourth-order valence-electron chi connectivity index (χ4n) is 4.78. The number of carbonyl (C=O) groups excluding carboxylic acids is 4. The first kappa shape index (κ1) is 31.6. The van der Waals surface area contributed by atoms with E-state index in [1.807, 2.05) is 68.4 Å². The summed E-state index contributed by atoms with van der Waals surface area (Å²) >= 11 is 0. The average molecular weight is 566 g/mol. The second-order valence-corrected chi connectivity index (χ2v) is 11.5. The van der Waals surface area contributed by atoms with Gasteiger partial charge >= 0.3 is 12.1 Å². The summed E-state index contributed by atoms with van der Waals surface area (Å²) in [4.78, 5) is 54.7. The van der Waals surface area contributed by atoms with Crippen molar-refractivity contribution in [3.8, 4) is 0 Å². The van der Waals surface area contributed by atoms with E-state index in [0.717, 1.165) is 17.5 Å². The van der Waals surface area contributed by atoms with Crippen LogP contribution in [0.15, 0.2) is 54.6 Å². The van der Waals surface area contributed by atoms with E-state index in [1.54, 1.807) is 32.6 Å². The lowest BCUT2D eigenvalue weighted by Gasteiger charge is -2.35. The number of hydrogen-bond acceptors (Lipinski definition) is 6. The van der Waals surface area contributed by atoms with E-state index >= 15 is 0 Å². The van der Waals surface area contributed by atoms with Crippen LogP contribution in [0.1, 0.15) is 70.2 Å². The Bertz CT molecular complexity index is 1210. The first-order valence-electron chi connectivity index (χ1n) is 14.3. The Balaban J connectivity index is 1.98. The predicted molar refractivity (Wildman–Crippen MR) is 156 cm³/mol. The number of nitrogens with zero attached hydrogens (tertiary/aromatic N) is 1. The van der Waals surface area contributed by atoms with E-state index in [1.165, 1.54) is 0 Å². The molecule has 0 radical (unpaired) electrons. The maximum Gasteiger partial charge on any atom is 0.408 e. The van der Waals surface area contributed by atoms with Crippen molar-refractivity contribution in [1.29, 1.82) is 0 Å². The molecular weight excluding hydrogens is 522 g/mol. The minimum atomic E-state index is -0.973. The summed E-state index contributed by atoms with van der Waals surface area (Å²) in [6, 6.07) is 14.7. The van der Waals surface area contributed by atoms with Crippen LogP contribution in [-0.4, -0.2) is 59.6 Å². The molecule has 1 aliphatic carbocycles. The Kier molecular flexibility index (Phi) is 10.9. The number of ether oxygens (including phenoxy) is 2. The number of hydrogen-bond donors (Lipinski definition) is 2. The molecule has 3 rings (SSSR count). The molecule has 1 aliphatic rings. The fraction of sp³-hybridized carbons (Fsp3) is 0.500. The summed E-state index contributed by atoms with van der Waals surface area (Å²) in [5, 5.41) is 5.63. The Morgan fingerprint density at radius 2 is 1.66 bits per heavy atom. The molecule has 2 aromatic rings. The van der Waals surface area contributed by atoms with Gasteiger partial charge in [0.1, 0.15) is 17.7 Å². The monoisotopic (exact) mass is 565 g/mol. The molecule has 0 heterocycles. The van der Waals surface area contributed by atoms with Crippen LogP contribution in [0, 0.1) is 12.8 Å². The zero-order chi connectivity index (χ0) is 30.2. The Morgan fingerprint density at radius 1 is 1.02 bits per heavy atom. The predicted octanol–water partition coefficient (Wildman–Crippen LogP) is 4.48. The summed E-state index contributed by atoms with van der Waals surface area (Å²) in [5.74, 6) is -1.00. The number of alkyl carbamates (subject to hydrolysis) is 1. The van der Waals surface area contributed by atoms with Crippen LogP contribution < -0.4 is 10.6 Å². The zero-order valence-electron chi connectivity index (χ0n) is 24.9. The van der Waals surface area contributed by atoms with Crippen LogP contribution >= 0.6 is 0 Å². The van der Waals surface area contributed by atoms with Crippen molar-refractivity contribution in [3.63, 3.8) is 0 Å². The SMILES string of the molecule is CCOC(=O)CCNC(=O)C(c1ccccc1C)N(C(=O)C(Cc1ccccc1)NC(=O)OC(C)(C)C)C1CC1C. The van der Waals surface area contributed by atoms with E-state index < -0.39 is 35.7 Å². The van der Waals surface area contributed by atoms with Crippen LogP contribution in [0.25, 0.3) is 0 Å². The van der Waals surface area contributed by atoms with E-state index in [0.29, 0.717) is 5.56 Å². The van der Waals surface area contributed by atoms with Crippen LogP contribution in [-0.2, 0) is 30.3 Å². The summed E-state index contributed by atoms with van der Waals surface area (Å²) < 4.78 is 10.5. The first-order valence-corrected chi connectivity index (χ1v) is 14.3. The van der Waals surface area contributed by atoms with Gasteiger partial charge in [-0.15, -0.1) is 0 Å². The highest BCUT2D eigenvalue weighted by atomic mass is 16.6. The summed E-state index contributed by atoms with van der Waals surface area (Å²) in [7, 11) is 0. The topological polar surface area (TPSA) is 114 Å². The second-order valence-electron chi connectivity index (χ2n) is 11.5. The van der Waals surface area contributed by atoms with Crippen LogP contribution in [0.5, 0.6) is 0 Å². The minimum absolute atomic E-state index is 0.0185. The number of esters is 1. The van der Waals surface area contributed by atoms with E-state index in [2.05, 4.69) is 10.6 Å². The van der Waals surface area contributed by atoms with Crippen molar-refractivity contribution in [3.05, 3.63) is 71.3 Å². The van der Waals surface area contributed by atoms with Gasteiger partial charge in [0.05, 0.1) is 13.0 Å². The number of aryl methyl sites for hydroxylation is 1. The third-order valence-electron chi connectivity index (χ3n) is 6.89. The normalized spacial score (nSPS) is 17.5. The molecule has 3 amide bonds. The molecule has 0 bridgehead atoms. The molecule has 0 spiro atoms. The van der Waals surface area contributed by atoms with Gasteiger partial charge in [0.25, 0.3) is 0 Å². The number of carbonyl (C=O) groups is 4. The molecule has 0 saturated heterocycles. The first-order chi connectivity index (χ1) is 19.4. The molecule has 222 valence electrons. The van der Waals surface area contributed by atoms with Crippen molar-refractivity contribution < 1.29 is 28.7 Å². The number of amides is 3. The second kappa shape index (κ2) is 14.1. The van der Waals surface area contributed by atoms with Gasteiger partial charge < -0.3 is 25.0 Å². The van der Waals surface area contributed by atoms with Crippen LogP contribution in [0.2, 0.25) is 0 Å². The smallest absolute Gasteiger partial charge is 0.408 e. The Hall–Kier alpha value is -3.88. The van der Waals surface area contributed by atoms with Crippen molar-refractivity contribution in [2.24, 2.45) is 5.92 Å². The van der Waals surface area contributed by atoms with Crippen LogP contribution in [0.4, 0.5) is 4.79 Å². The van der Waals surface area contributed by atoms with Crippen molar-refractivity contribution >= 4 is 23.9 Å². The number of rotatable bonds is 12. The molecule has 4 atom stereocenters. The van der Waals surface area contributed by atoms with Gasteiger partial charge in [-0.1, -0.05) is 61.5 Å². The number of nitrogens with one attached hydrogen (secondary N) is 2. The lowest BCUT2D eigenvalue weighted by Crippen LogP contribution is -2.55. The highest BCUT2D eigenvalue weighted by molar-refractivity contribution is 5.93. The Morgan fingerprint density at radius 3 is 2.24 bits per heavy atom. The number of benzene rings is 2. The van der Waals surface area contributed by atoms with E-state index in [4.69, 9.17) is 9.47 Å². The van der Waals surface area contributed by atoms with E-state index in [9.17, 15) is 19.2 Å². The van der Waals surface area contributed by atoms with E-state index in [-0.39, 0.29) is 43.9 Å². The molecule has 41 heavy (non-hydrogen) atoms. The van der Waals surface area contributed by atoms with Gasteiger partial charge in [0.2, 0.25) is 11.8 Å². The lowest BCUT2D eigenvalue weighted by atomic mass is 9.96. The molecule has 9 heteroatoms. The molecule has 9 nitrogen and oxygen atoms in total. The highest BCUT2D eigenvalue weighted by Gasteiger charge is 2.48. The third-order valence-corrected chi connectivity index (χ3v) is 6.89. The van der Waals surface area contributed by atoms with Crippen molar-refractivity contribution in [2.75, 3.05) is 13.2 Å². The summed E-state index contributed by atoms with van der Waals surface area (Å²) in [5.41, 5.74) is 1.64. The molecule has 1 fully saturated rings. The average Bonchev–Trinajstić information content (AvgIpc) is 3.62. The largest absolute Gasteiger partial charge is 0.466 e. The van der Waals surface area contributed by atoms with Gasteiger partial charge in [0.15, 0.2) is 0 Å². The van der Waals surface area contributed by atoms with Crippen molar-refractivity contribution in [2.45, 2.75) is 84.5 Å². The standard InChI is InChI=1S/C32H43N3O6/c1-7-40-27(36)17-18-33-29(37)28(24-16-12-11-13-21(24)2)35(26-19-22(26)3)30(38)25(20-23-14-9-8-10-15-23)34-31(39)41-32(4,5)6/h8-16,22,25-26,28H,7,17-20H2,1-6H3,(H,33,37)(H,34,39). The molecule has 1 saturated carbocycles. The van der Waals surface area contributed by atoms with Gasteiger partial charge in [-0.2, -0.15) is 0 Å². The third kappa shape index (κ3) is 9.33. The maximum atomic E-state index is 14.5. The summed E-state index contributed by atoms with van der Waals surface area (Å²) in [6.07, 6.45) is 0.267. The quantitative estimate of drug-likeness (QED) is 0.367. The molecule has 2 aromatic carbocycles. The van der Waals surface area contributed by atoms with Crippen molar-refractivity contribution in [1.82, 2.24) is 15.5 Å². The Labute approximate surface area is 243 Å². The van der Waals surface area contributed by atoms with Gasteiger partial charge in [-0.25, -0.2) is 4.79 Å². The van der Waals surface area contributed by atoms with Gasteiger partial charge in [-0.3, -0.25) is 14.4 Å². The van der Waals surface area contributed by atoms with Gasteiger partial charge in [-0.05, 0) is 63.6 Å². The maximum absolute atomic E-state index is 14.5.